The summed E-state index contributed by atoms with van der Waals surface area (Å²) in [6, 6.07) is 16.6. The molecule has 37 heavy (non-hydrogen) atoms. The van der Waals surface area contributed by atoms with Crippen LogP contribution < -0.4 is 11.1 Å². The zero-order valence-electron chi connectivity index (χ0n) is 19.3. The number of hydrogen-bond donors (Lipinski definition) is 2. The van der Waals surface area contributed by atoms with Gasteiger partial charge in [-0.15, -0.1) is 0 Å². The van der Waals surface area contributed by atoms with Crippen LogP contribution in [-0.4, -0.2) is 30.4 Å². The maximum atomic E-state index is 13.9. The highest BCUT2D eigenvalue weighted by atomic mass is 32.2. The molecule has 1 aromatic heterocycles. The summed E-state index contributed by atoms with van der Waals surface area (Å²) in [7, 11) is -3.50. The topological polar surface area (TPSA) is 107 Å². The second kappa shape index (κ2) is 9.79. The summed E-state index contributed by atoms with van der Waals surface area (Å²) in [6.07, 6.45) is -3.73. The lowest BCUT2D eigenvalue weighted by Crippen LogP contribution is -2.17. The Bertz CT molecular complexity index is 1580. The first kappa shape index (κ1) is 26.0. The Kier molecular flexibility index (Phi) is 6.89. The lowest BCUT2D eigenvalue weighted by atomic mass is 10.1. The zero-order valence-corrected chi connectivity index (χ0v) is 20.1. The number of hydrogen-bond acceptors (Lipinski definition) is 5. The van der Waals surface area contributed by atoms with Gasteiger partial charge in [0.1, 0.15) is 11.5 Å². The first-order valence-corrected chi connectivity index (χ1v) is 12.6. The Hall–Kier alpha value is -4.03. The van der Waals surface area contributed by atoms with E-state index >= 15 is 0 Å². The van der Waals surface area contributed by atoms with Crippen molar-refractivity contribution in [2.45, 2.75) is 17.6 Å². The fraction of sp³-hybridized carbons (Fsp3) is 0.120. The van der Waals surface area contributed by atoms with Gasteiger partial charge in [0.2, 0.25) is 0 Å². The smallest absolute Gasteiger partial charge is 0.326 e. The molecule has 0 aliphatic heterocycles. The van der Waals surface area contributed by atoms with E-state index in [1.807, 2.05) is 0 Å². The standard InChI is InChI=1S/C25H20F4N4O3S/c1-37(35,36)22-5-3-2-4-19(22)15-6-8-17(9-7-15)31-24(34)21-13-23(25(27,28)29)32-33(21)18-10-11-20(26)16(12-18)14-30/h2-13H,14,30H2,1H3,(H,31,34). The molecule has 1 amide bonds. The van der Waals surface area contributed by atoms with Crippen molar-refractivity contribution < 1.29 is 30.8 Å². The number of nitrogens with two attached hydrogens (primary N) is 1. The second-order valence-electron chi connectivity index (χ2n) is 8.10. The van der Waals surface area contributed by atoms with Gasteiger partial charge in [-0.25, -0.2) is 17.5 Å². The summed E-state index contributed by atoms with van der Waals surface area (Å²) >= 11 is 0. The van der Waals surface area contributed by atoms with E-state index in [2.05, 4.69) is 10.4 Å². The monoisotopic (exact) mass is 532 g/mol. The van der Waals surface area contributed by atoms with Crippen molar-refractivity contribution in [2.75, 3.05) is 11.6 Å². The van der Waals surface area contributed by atoms with Gasteiger partial charge in [-0.2, -0.15) is 18.3 Å². The van der Waals surface area contributed by atoms with Crippen molar-refractivity contribution in [1.82, 2.24) is 9.78 Å². The predicted octanol–water partition coefficient (Wildman–Crippen LogP) is 4.81. The number of alkyl halides is 3. The highest BCUT2D eigenvalue weighted by Gasteiger charge is 2.36. The summed E-state index contributed by atoms with van der Waals surface area (Å²) in [5, 5.41) is 6.03. The van der Waals surface area contributed by atoms with Crippen molar-refractivity contribution in [3.8, 4) is 16.8 Å². The maximum Gasteiger partial charge on any atom is 0.435 e. The van der Waals surface area contributed by atoms with Gasteiger partial charge >= 0.3 is 6.18 Å². The highest BCUT2D eigenvalue weighted by Crippen LogP contribution is 2.31. The van der Waals surface area contributed by atoms with Crippen LogP contribution in [0.3, 0.4) is 0 Å². The Balaban J connectivity index is 1.67. The molecule has 4 rings (SSSR count). The molecule has 0 saturated heterocycles. The third-order valence-corrected chi connectivity index (χ3v) is 6.62. The average molecular weight is 533 g/mol. The van der Waals surface area contributed by atoms with Crippen molar-refractivity contribution in [1.29, 1.82) is 0 Å². The summed E-state index contributed by atoms with van der Waals surface area (Å²) in [4.78, 5) is 13.1. The molecule has 0 atom stereocenters. The number of amides is 1. The van der Waals surface area contributed by atoms with E-state index in [9.17, 15) is 30.8 Å². The lowest BCUT2D eigenvalue weighted by Gasteiger charge is -2.11. The fourth-order valence-corrected chi connectivity index (χ4v) is 4.60. The van der Waals surface area contributed by atoms with Crippen molar-refractivity contribution in [3.05, 3.63) is 95.6 Å². The molecular formula is C25H20F4N4O3S. The maximum absolute atomic E-state index is 13.9. The summed E-state index contributed by atoms with van der Waals surface area (Å²) in [5.74, 6) is -1.54. The second-order valence-corrected chi connectivity index (χ2v) is 10.1. The van der Waals surface area contributed by atoms with E-state index in [0.717, 1.165) is 17.0 Å². The van der Waals surface area contributed by atoms with Crippen LogP contribution in [0.4, 0.5) is 23.2 Å². The third kappa shape index (κ3) is 5.54. The van der Waals surface area contributed by atoms with E-state index < -0.39 is 39.1 Å². The molecule has 7 nitrogen and oxygen atoms in total. The van der Waals surface area contributed by atoms with Gasteiger partial charge in [0.05, 0.1) is 10.6 Å². The minimum atomic E-state index is -4.83. The Morgan fingerprint density at radius 2 is 1.70 bits per heavy atom. The molecule has 0 aliphatic carbocycles. The van der Waals surface area contributed by atoms with Crippen LogP contribution in [0.25, 0.3) is 16.8 Å². The molecule has 4 aromatic rings. The number of sulfone groups is 1. The third-order valence-electron chi connectivity index (χ3n) is 5.47. The number of rotatable bonds is 6. The molecule has 0 bridgehead atoms. The number of nitrogens with one attached hydrogen (secondary N) is 1. The Morgan fingerprint density at radius 1 is 1.03 bits per heavy atom. The van der Waals surface area contributed by atoms with E-state index in [1.165, 1.54) is 30.3 Å². The molecule has 12 heteroatoms. The molecule has 1 heterocycles. The number of carbonyl (C=O) groups excluding carboxylic acids is 1. The summed E-state index contributed by atoms with van der Waals surface area (Å²) < 4.78 is 79.0. The number of halogens is 4. The van der Waals surface area contributed by atoms with Gasteiger partial charge in [-0.05, 0) is 42.0 Å². The van der Waals surface area contributed by atoms with E-state index in [-0.39, 0.29) is 28.4 Å². The molecule has 0 radical (unpaired) electrons. The van der Waals surface area contributed by atoms with Gasteiger partial charge in [-0.3, -0.25) is 4.79 Å². The first-order valence-electron chi connectivity index (χ1n) is 10.8. The van der Waals surface area contributed by atoms with Crippen molar-refractivity contribution in [3.63, 3.8) is 0 Å². The average Bonchev–Trinajstić information content (AvgIpc) is 3.31. The number of anilines is 1. The number of carbonyl (C=O) groups is 1. The number of aromatic nitrogens is 2. The number of benzene rings is 3. The van der Waals surface area contributed by atoms with Gasteiger partial charge in [-0.1, -0.05) is 30.3 Å². The number of nitrogens with zero attached hydrogens (tertiary/aromatic N) is 2. The largest absolute Gasteiger partial charge is 0.435 e. The quantitative estimate of drug-likeness (QED) is 0.347. The highest BCUT2D eigenvalue weighted by molar-refractivity contribution is 7.90. The van der Waals surface area contributed by atoms with E-state index in [1.54, 1.807) is 30.3 Å². The van der Waals surface area contributed by atoms with E-state index in [0.29, 0.717) is 17.2 Å². The SMILES string of the molecule is CS(=O)(=O)c1ccccc1-c1ccc(NC(=O)c2cc(C(F)(F)F)nn2-c2ccc(F)c(CN)c2)cc1. The molecule has 0 spiro atoms. The molecular weight excluding hydrogens is 512 g/mol. The zero-order chi connectivity index (χ0) is 27.0. The lowest BCUT2D eigenvalue weighted by molar-refractivity contribution is -0.141. The summed E-state index contributed by atoms with van der Waals surface area (Å²) in [6.45, 7) is -0.205. The molecule has 0 saturated carbocycles. The first-order chi connectivity index (χ1) is 17.4. The molecule has 192 valence electrons. The summed E-state index contributed by atoms with van der Waals surface area (Å²) in [5.41, 5.74) is 5.09. The van der Waals surface area contributed by atoms with Crippen LogP contribution in [-0.2, 0) is 22.6 Å². The van der Waals surface area contributed by atoms with Crippen LogP contribution in [0.15, 0.2) is 77.7 Å². The normalized spacial score (nSPS) is 11.9. The van der Waals surface area contributed by atoms with Crippen molar-refractivity contribution in [2.24, 2.45) is 5.73 Å². The Morgan fingerprint density at radius 3 is 2.32 bits per heavy atom. The Labute approximate surface area is 209 Å². The van der Waals surface area contributed by atoms with Crippen LogP contribution in [0.2, 0.25) is 0 Å². The fourth-order valence-electron chi connectivity index (χ4n) is 3.68. The molecule has 3 N–H and O–H groups in total. The van der Waals surface area contributed by atoms with Gasteiger partial charge < -0.3 is 11.1 Å². The van der Waals surface area contributed by atoms with Gasteiger partial charge in [0.15, 0.2) is 15.5 Å². The van der Waals surface area contributed by atoms with E-state index in [4.69, 9.17) is 5.73 Å². The minimum absolute atomic E-state index is 0.0234. The molecule has 0 fully saturated rings. The van der Waals surface area contributed by atoms with Crippen molar-refractivity contribution >= 4 is 21.4 Å². The van der Waals surface area contributed by atoms with Crippen LogP contribution >= 0.6 is 0 Å². The van der Waals surface area contributed by atoms with Crippen LogP contribution in [0.5, 0.6) is 0 Å². The van der Waals surface area contributed by atoms with Gasteiger partial charge in [0, 0.05) is 35.7 Å². The molecule has 0 aliphatic rings. The van der Waals surface area contributed by atoms with Crippen LogP contribution in [0, 0.1) is 5.82 Å². The molecule has 3 aromatic carbocycles. The predicted molar refractivity (Wildman–Crippen MR) is 129 cm³/mol. The minimum Gasteiger partial charge on any atom is -0.326 e. The van der Waals surface area contributed by atoms with Gasteiger partial charge in [0.25, 0.3) is 5.91 Å². The van der Waals surface area contributed by atoms with Crippen LogP contribution in [0.1, 0.15) is 21.7 Å². The molecule has 0 unspecified atom stereocenters.